The third kappa shape index (κ3) is 3.90. The van der Waals surface area contributed by atoms with Crippen molar-refractivity contribution >= 4 is 17.2 Å². The summed E-state index contributed by atoms with van der Waals surface area (Å²) >= 11 is 0. The number of Topliss-reactive ketones (excluding diaryl/α,β-unsaturated/α-hetero) is 1. The molecule has 0 heterocycles. The Labute approximate surface area is 140 Å². The van der Waals surface area contributed by atoms with Crippen LogP contribution in [0.5, 0.6) is 5.75 Å². The van der Waals surface area contributed by atoms with Gasteiger partial charge in [-0.3, -0.25) is 14.9 Å². The van der Waals surface area contributed by atoms with Crippen LogP contribution >= 0.6 is 0 Å². The first-order valence-corrected chi connectivity index (χ1v) is 7.58. The summed E-state index contributed by atoms with van der Waals surface area (Å²) < 4.78 is 5.34. The highest BCUT2D eigenvalue weighted by molar-refractivity contribution is 5.79. The topological polar surface area (TPSA) is 81.5 Å². The molecule has 126 valence electrons. The number of methoxy groups -OCH3 is 1. The molecular formula is C18H20N2O4. The van der Waals surface area contributed by atoms with Gasteiger partial charge in [-0.2, -0.15) is 0 Å². The molecule has 6 heteroatoms. The Bertz CT molecular complexity index is 728. The minimum Gasteiger partial charge on any atom is -0.495 e. The molecule has 6 nitrogen and oxygen atoms in total. The molecule has 0 aromatic heterocycles. The third-order valence-corrected chi connectivity index (χ3v) is 4.02. The number of nitrogens with one attached hydrogen (secondary N) is 1. The fourth-order valence-corrected chi connectivity index (χ4v) is 2.47. The van der Waals surface area contributed by atoms with E-state index in [9.17, 15) is 14.9 Å². The molecule has 2 atom stereocenters. The van der Waals surface area contributed by atoms with Gasteiger partial charge >= 0.3 is 0 Å². The van der Waals surface area contributed by atoms with Crippen LogP contribution in [-0.4, -0.2) is 17.8 Å². The molecule has 0 unspecified atom stereocenters. The number of carbonyl (C=O) groups excluding carboxylic acids is 1. The lowest BCUT2D eigenvalue weighted by atomic mass is 9.91. The van der Waals surface area contributed by atoms with E-state index in [1.165, 1.54) is 19.1 Å². The van der Waals surface area contributed by atoms with Crippen molar-refractivity contribution in [3.05, 3.63) is 64.2 Å². The molecule has 24 heavy (non-hydrogen) atoms. The second-order valence-electron chi connectivity index (χ2n) is 5.57. The fraction of sp³-hybridized carbons (Fsp3) is 0.278. The molecule has 0 saturated carbocycles. The lowest BCUT2D eigenvalue weighted by molar-refractivity contribution is -0.384. The molecule has 0 aliphatic rings. The van der Waals surface area contributed by atoms with Gasteiger partial charge < -0.3 is 10.1 Å². The number of nitrogens with zero attached hydrogens (tertiary/aromatic N) is 1. The summed E-state index contributed by atoms with van der Waals surface area (Å²) in [6, 6.07) is 13.3. The van der Waals surface area contributed by atoms with Gasteiger partial charge in [0.1, 0.15) is 11.5 Å². The lowest BCUT2D eigenvalue weighted by Crippen LogP contribution is -2.24. The van der Waals surface area contributed by atoms with Gasteiger partial charge in [-0.25, -0.2) is 0 Å². The Morgan fingerprint density at radius 1 is 1.17 bits per heavy atom. The number of hydrogen-bond acceptors (Lipinski definition) is 5. The van der Waals surface area contributed by atoms with Crippen molar-refractivity contribution in [2.45, 2.75) is 19.9 Å². The lowest BCUT2D eigenvalue weighted by Gasteiger charge is -2.26. The van der Waals surface area contributed by atoms with Crippen molar-refractivity contribution in [2.75, 3.05) is 12.4 Å². The molecular weight excluding hydrogens is 308 g/mol. The van der Waals surface area contributed by atoms with E-state index in [0.717, 1.165) is 11.3 Å². The predicted molar refractivity (Wildman–Crippen MR) is 92.3 cm³/mol. The number of ether oxygens (including phenoxy) is 1. The summed E-state index contributed by atoms with van der Waals surface area (Å²) in [6.07, 6.45) is 0. The normalized spacial score (nSPS) is 13.0. The van der Waals surface area contributed by atoms with Crippen molar-refractivity contribution in [1.82, 2.24) is 0 Å². The zero-order chi connectivity index (χ0) is 17.7. The first-order chi connectivity index (χ1) is 11.4. The van der Waals surface area contributed by atoms with Crippen LogP contribution < -0.4 is 10.1 Å². The zero-order valence-electron chi connectivity index (χ0n) is 13.9. The largest absolute Gasteiger partial charge is 0.495 e. The zero-order valence-corrected chi connectivity index (χ0v) is 13.9. The van der Waals surface area contributed by atoms with Crippen molar-refractivity contribution in [3.8, 4) is 5.75 Å². The number of ketones is 1. The summed E-state index contributed by atoms with van der Waals surface area (Å²) in [7, 11) is 1.58. The van der Waals surface area contributed by atoms with Crippen LogP contribution in [0, 0.1) is 16.0 Å². The minimum atomic E-state index is -0.444. The fourth-order valence-electron chi connectivity index (χ4n) is 2.47. The SMILES string of the molecule is COc1ccccc1N[C@H](c1ccc([N+](=O)[O-])cc1)[C@@H](C)C(C)=O. The Morgan fingerprint density at radius 3 is 2.33 bits per heavy atom. The van der Waals surface area contributed by atoms with Crippen LogP contribution in [-0.2, 0) is 4.79 Å². The molecule has 0 aliphatic heterocycles. The van der Waals surface area contributed by atoms with E-state index in [2.05, 4.69) is 5.32 Å². The van der Waals surface area contributed by atoms with Crippen molar-refractivity contribution in [1.29, 1.82) is 0 Å². The van der Waals surface area contributed by atoms with Gasteiger partial charge in [0.2, 0.25) is 0 Å². The van der Waals surface area contributed by atoms with Gasteiger partial charge in [0.15, 0.2) is 0 Å². The number of non-ortho nitro benzene ring substituents is 1. The van der Waals surface area contributed by atoms with E-state index in [0.29, 0.717) is 5.75 Å². The quantitative estimate of drug-likeness (QED) is 0.614. The van der Waals surface area contributed by atoms with Crippen LogP contribution in [0.25, 0.3) is 0 Å². The Morgan fingerprint density at radius 2 is 1.79 bits per heavy atom. The molecule has 2 aromatic rings. The summed E-state index contributed by atoms with van der Waals surface area (Å²) in [5.74, 6) is 0.386. The number of benzene rings is 2. The smallest absolute Gasteiger partial charge is 0.269 e. The number of nitro groups is 1. The summed E-state index contributed by atoms with van der Waals surface area (Å²) in [6.45, 7) is 3.36. The standard InChI is InChI=1S/C18H20N2O4/c1-12(13(2)21)18(14-8-10-15(11-9-14)20(22)23)19-16-6-4-5-7-17(16)24-3/h4-12,18-19H,1-3H3/t12-,18-/m0/s1. The van der Waals surface area contributed by atoms with Crippen molar-refractivity contribution in [3.63, 3.8) is 0 Å². The van der Waals surface area contributed by atoms with E-state index in [1.54, 1.807) is 19.2 Å². The molecule has 2 aromatic carbocycles. The highest BCUT2D eigenvalue weighted by Gasteiger charge is 2.24. The van der Waals surface area contributed by atoms with Gasteiger partial charge in [0, 0.05) is 18.1 Å². The second kappa shape index (κ2) is 7.59. The Balaban J connectivity index is 2.38. The molecule has 2 rings (SSSR count). The maximum atomic E-state index is 11.9. The number of hydrogen-bond donors (Lipinski definition) is 1. The van der Waals surface area contributed by atoms with Gasteiger partial charge in [-0.1, -0.05) is 31.2 Å². The number of nitro benzene ring substituents is 1. The van der Waals surface area contributed by atoms with Crippen molar-refractivity contribution in [2.24, 2.45) is 5.92 Å². The molecule has 0 aliphatic carbocycles. The van der Waals surface area contributed by atoms with Crippen LogP contribution in [0.15, 0.2) is 48.5 Å². The minimum absolute atomic E-state index is 0.0188. The highest BCUT2D eigenvalue weighted by atomic mass is 16.6. The number of anilines is 1. The van der Waals surface area contributed by atoms with Gasteiger partial charge in [-0.05, 0) is 24.6 Å². The average molecular weight is 328 g/mol. The molecule has 1 N–H and O–H groups in total. The monoisotopic (exact) mass is 328 g/mol. The number of para-hydroxylation sites is 2. The second-order valence-corrected chi connectivity index (χ2v) is 5.57. The first-order valence-electron chi connectivity index (χ1n) is 7.58. The van der Waals surface area contributed by atoms with Crippen LogP contribution in [0.1, 0.15) is 25.5 Å². The third-order valence-electron chi connectivity index (χ3n) is 4.02. The van der Waals surface area contributed by atoms with E-state index in [1.807, 2.05) is 31.2 Å². The van der Waals surface area contributed by atoms with E-state index in [4.69, 9.17) is 4.74 Å². The van der Waals surface area contributed by atoms with Gasteiger partial charge in [-0.15, -0.1) is 0 Å². The first kappa shape index (κ1) is 17.5. The summed E-state index contributed by atoms with van der Waals surface area (Å²) in [5, 5.41) is 14.1. The number of rotatable bonds is 7. The molecule has 0 fully saturated rings. The Hall–Kier alpha value is -2.89. The van der Waals surface area contributed by atoms with Gasteiger partial charge in [0.25, 0.3) is 5.69 Å². The summed E-state index contributed by atoms with van der Waals surface area (Å²) in [4.78, 5) is 22.3. The molecule has 0 saturated heterocycles. The van der Waals surface area contributed by atoms with E-state index >= 15 is 0 Å². The molecule has 0 spiro atoms. The van der Waals surface area contributed by atoms with Crippen LogP contribution in [0.2, 0.25) is 0 Å². The average Bonchev–Trinajstić information content (AvgIpc) is 2.59. The molecule has 0 radical (unpaired) electrons. The van der Waals surface area contributed by atoms with Crippen LogP contribution in [0.4, 0.5) is 11.4 Å². The molecule has 0 bridgehead atoms. The molecule has 0 amide bonds. The maximum absolute atomic E-state index is 11.9. The van der Waals surface area contributed by atoms with Crippen molar-refractivity contribution < 1.29 is 14.5 Å². The summed E-state index contributed by atoms with van der Waals surface area (Å²) in [5.41, 5.74) is 1.58. The Kier molecular flexibility index (Phi) is 5.52. The van der Waals surface area contributed by atoms with E-state index in [-0.39, 0.29) is 23.4 Å². The van der Waals surface area contributed by atoms with Gasteiger partial charge in [0.05, 0.1) is 23.8 Å². The van der Waals surface area contributed by atoms with E-state index < -0.39 is 4.92 Å². The maximum Gasteiger partial charge on any atom is 0.269 e. The highest BCUT2D eigenvalue weighted by Crippen LogP contribution is 2.32. The van der Waals surface area contributed by atoms with Crippen LogP contribution in [0.3, 0.4) is 0 Å². The predicted octanol–water partition coefficient (Wildman–Crippen LogP) is 3.98. The number of carbonyl (C=O) groups is 1.